The fourth-order valence-corrected chi connectivity index (χ4v) is 3.70. The average Bonchev–Trinajstić information content (AvgIpc) is 3.34. The summed E-state index contributed by atoms with van der Waals surface area (Å²) in [6.07, 6.45) is 1.77. The number of benzene rings is 1. The van der Waals surface area contributed by atoms with Crippen LogP contribution in [0.5, 0.6) is 0 Å². The first-order valence-corrected chi connectivity index (χ1v) is 8.67. The molecule has 0 aliphatic carbocycles. The van der Waals surface area contributed by atoms with Crippen molar-refractivity contribution in [3.63, 3.8) is 0 Å². The first-order chi connectivity index (χ1) is 12.6. The van der Waals surface area contributed by atoms with E-state index < -0.39 is 0 Å². The van der Waals surface area contributed by atoms with Gasteiger partial charge in [-0.2, -0.15) is 0 Å². The molecule has 1 aliphatic rings. The van der Waals surface area contributed by atoms with Gasteiger partial charge in [-0.15, -0.1) is 0 Å². The molecular weight excluding hydrogens is 332 g/mol. The van der Waals surface area contributed by atoms with Gasteiger partial charge in [0.2, 0.25) is 0 Å². The van der Waals surface area contributed by atoms with Crippen LogP contribution in [0.2, 0.25) is 0 Å². The third-order valence-corrected chi connectivity index (χ3v) is 4.90. The van der Waals surface area contributed by atoms with Crippen molar-refractivity contribution in [3.05, 3.63) is 69.5 Å². The molecule has 4 rings (SSSR count). The van der Waals surface area contributed by atoms with E-state index in [2.05, 4.69) is 10.3 Å². The number of nitrogens with one attached hydrogen (secondary N) is 1. The second kappa shape index (κ2) is 6.33. The van der Waals surface area contributed by atoms with Gasteiger partial charge in [-0.3, -0.25) is 14.7 Å². The molecule has 0 saturated carbocycles. The van der Waals surface area contributed by atoms with Crippen molar-refractivity contribution in [1.82, 2.24) is 19.8 Å². The zero-order valence-corrected chi connectivity index (χ0v) is 14.7. The lowest BCUT2D eigenvalue weighted by molar-refractivity contribution is 0.0728. The standard InChI is InChI=1S/C19H20N4O3/c1-12-18(13(2)26-21-12)16-9-6-10-22(16)19(25)15-11-17(24)23(20-15)14-7-4-3-5-8-14/h3-5,7-8,11,16,20H,6,9-10H2,1-2H3. The Balaban J connectivity index is 1.67. The SMILES string of the molecule is Cc1noc(C)c1C1CCCN1C(=O)c1cc(=O)n(-c2ccccc2)[nH]1. The van der Waals surface area contributed by atoms with Crippen LogP contribution >= 0.6 is 0 Å². The Labute approximate surface area is 150 Å². The van der Waals surface area contributed by atoms with Crippen LogP contribution in [0, 0.1) is 13.8 Å². The molecule has 1 amide bonds. The molecule has 3 aromatic rings. The smallest absolute Gasteiger partial charge is 0.272 e. The summed E-state index contributed by atoms with van der Waals surface area (Å²) in [6.45, 7) is 4.40. The lowest BCUT2D eigenvalue weighted by atomic mass is 10.0. The lowest BCUT2D eigenvalue weighted by Crippen LogP contribution is -2.31. The van der Waals surface area contributed by atoms with Crippen molar-refractivity contribution in [3.8, 4) is 5.69 Å². The first kappa shape index (κ1) is 16.4. The molecule has 1 aromatic carbocycles. The molecule has 3 heterocycles. The van der Waals surface area contributed by atoms with E-state index in [-0.39, 0.29) is 23.2 Å². The number of aromatic amines is 1. The van der Waals surface area contributed by atoms with Gasteiger partial charge in [0.15, 0.2) is 0 Å². The quantitative estimate of drug-likeness (QED) is 0.785. The second-order valence-corrected chi connectivity index (χ2v) is 6.57. The number of H-pyrrole nitrogens is 1. The van der Waals surface area contributed by atoms with Gasteiger partial charge in [0.05, 0.1) is 17.4 Å². The molecule has 0 radical (unpaired) electrons. The minimum Gasteiger partial charge on any atom is -0.361 e. The Morgan fingerprint density at radius 3 is 2.73 bits per heavy atom. The number of para-hydroxylation sites is 1. The van der Waals surface area contributed by atoms with E-state index >= 15 is 0 Å². The largest absolute Gasteiger partial charge is 0.361 e. The third kappa shape index (κ3) is 2.65. The number of rotatable bonds is 3. The van der Waals surface area contributed by atoms with Crippen LogP contribution in [0.4, 0.5) is 0 Å². The maximum Gasteiger partial charge on any atom is 0.272 e. The molecule has 1 aliphatic heterocycles. The minimum absolute atomic E-state index is 0.0719. The molecule has 134 valence electrons. The van der Waals surface area contributed by atoms with Crippen molar-refractivity contribution in [2.24, 2.45) is 0 Å². The van der Waals surface area contributed by atoms with E-state index in [1.54, 1.807) is 4.90 Å². The van der Waals surface area contributed by atoms with E-state index in [1.165, 1.54) is 10.7 Å². The van der Waals surface area contributed by atoms with Crippen molar-refractivity contribution in [1.29, 1.82) is 0 Å². The van der Waals surface area contributed by atoms with E-state index in [0.29, 0.717) is 12.2 Å². The average molecular weight is 352 g/mol. The predicted molar refractivity (Wildman–Crippen MR) is 95.4 cm³/mol. The third-order valence-electron chi connectivity index (χ3n) is 4.90. The lowest BCUT2D eigenvalue weighted by Gasteiger charge is -2.24. The van der Waals surface area contributed by atoms with E-state index in [4.69, 9.17) is 4.52 Å². The first-order valence-electron chi connectivity index (χ1n) is 8.67. The number of aryl methyl sites for hydroxylation is 2. The van der Waals surface area contributed by atoms with Crippen LogP contribution in [0.3, 0.4) is 0 Å². The van der Waals surface area contributed by atoms with Crippen LogP contribution in [0.1, 0.15) is 46.4 Å². The minimum atomic E-state index is -0.257. The summed E-state index contributed by atoms with van der Waals surface area (Å²) in [4.78, 5) is 27.2. The molecule has 1 fully saturated rings. The molecule has 26 heavy (non-hydrogen) atoms. The zero-order chi connectivity index (χ0) is 18.3. The summed E-state index contributed by atoms with van der Waals surface area (Å²) in [5.41, 5.74) is 2.51. The number of carbonyl (C=O) groups excluding carboxylic acids is 1. The predicted octanol–water partition coefficient (Wildman–Crippen LogP) is 2.75. The van der Waals surface area contributed by atoms with E-state index in [1.807, 2.05) is 44.2 Å². The van der Waals surface area contributed by atoms with Crippen LogP contribution in [-0.4, -0.2) is 32.3 Å². The number of aromatic nitrogens is 3. The number of hydrogen-bond donors (Lipinski definition) is 1. The summed E-state index contributed by atoms with van der Waals surface area (Å²) in [5, 5.41) is 6.95. The Kier molecular flexibility index (Phi) is 3.99. The topological polar surface area (TPSA) is 84.1 Å². The maximum absolute atomic E-state index is 13.1. The Morgan fingerprint density at radius 1 is 1.27 bits per heavy atom. The highest BCUT2D eigenvalue weighted by Gasteiger charge is 2.35. The Hall–Kier alpha value is -3.09. The van der Waals surface area contributed by atoms with Gasteiger partial charge >= 0.3 is 0 Å². The number of nitrogens with zero attached hydrogens (tertiary/aromatic N) is 3. The second-order valence-electron chi connectivity index (χ2n) is 6.57. The van der Waals surface area contributed by atoms with E-state index in [9.17, 15) is 9.59 Å². The summed E-state index contributed by atoms with van der Waals surface area (Å²) < 4.78 is 6.66. The highest BCUT2D eigenvalue weighted by Crippen LogP contribution is 2.36. The number of hydrogen-bond acceptors (Lipinski definition) is 4. The fourth-order valence-electron chi connectivity index (χ4n) is 3.70. The number of amides is 1. The maximum atomic E-state index is 13.1. The van der Waals surface area contributed by atoms with Gasteiger partial charge in [0, 0.05) is 18.2 Å². The number of carbonyl (C=O) groups is 1. The molecule has 0 bridgehead atoms. The molecule has 1 unspecified atom stereocenters. The summed E-state index contributed by atoms with van der Waals surface area (Å²) in [6, 6.07) is 10.5. The summed E-state index contributed by atoms with van der Waals surface area (Å²) in [7, 11) is 0. The van der Waals surface area contributed by atoms with Crippen LogP contribution in [0.15, 0.2) is 45.7 Å². The molecule has 1 saturated heterocycles. The summed E-state index contributed by atoms with van der Waals surface area (Å²) in [5.74, 6) is 0.557. The van der Waals surface area contributed by atoms with Crippen molar-refractivity contribution in [2.75, 3.05) is 6.54 Å². The highest BCUT2D eigenvalue weighted by atomic mass is 16.5. The van der Waals surface area contributed by atoms with Gasteiger partial charge in [0.1, 0.15) is 11.5 Å². The van der Waals surface area contributed by atoms with Crippen molar-refractivity contribution >= 4 is 5.91 Å². The highest BCUT2D eigenvalue weighted by molar-refractivity contribution is 5.92. The Morgan fingerprint density at radius 2 is 2.04 bits per heavy atom. The van der Waals surface area contributed by atoms with Gasteiger partial charge in [0.25, 0.3) is 11.5 Å². The van der Waals surface area contributed by atoms with Crippen LogP contribution in [-0.2, 0) is 0 Å². The zero-order valence-electron chi connectivity index (χ0n) is 14.7. The molecule has 7 nitrogen and oxygen atoms in total. The van der Waals surface area contributed by atoms with E-state index in [0.717, 1.165) is 29.9 Å². The Bertz CT molecular complexity index is 980. The normalized spacial score (nSPS) is 17.0. The van der Waals surface area contributed by atoms with Gasteiger partial charge in [-0.1, -0.05) is 23.4 Å². The van der Waals surface area contributed by atoms with Gasteiger partial charge in [-0.05, 0) is 38.8 Å². The van der Waals surface area contributed by atoms with Crippen LogP contribution in [0.25, 0.3) is 5.69 Å². The molecule has 1 atom stereocenters. The monoisotopic (exact) mass is 352 g/mol. The molecule has 7 heteroatoms. The fraction of sp³-hybridized carbons (Fsp3) is 0.316. The number of likely N-dealkylation sites (tertiary alicyclic amines) is 1. The molecule has 0 spiro atoms. The summed E-state index contributed by atoms with van der Waals surface area (Å²) >= 11 is 0. The molecular formula is C19H20N4O3. The van der Waals surface area contributed by atoms with Crippen molar-refractivity contribution in [2.45, 2.75) is 32.7 Å². The van der Waals surface area contributed by atoms with Crippen LogP contribution < -0.4 is 5.56 Å². The van der Waals surface area contributed by atoms with Crippen molar-refractivity contribution < 1.29 is 9.32 Å². The molecule has 2 aromatic heterocycles. The van der Waals surface area contributed by atoms with Gasteiger partial charge < -0.3 is 9.42 Å². The molecule has 1 N–H and O–H groups in total. The van der Waals surface area contributed by atoms with Gasteiger partial charge in [-0.25, -0.2) is 4.68 Å².